The number of ether oxygens (including phenoxy) is 2. The van der Waals surface area contributed by atoms with Crippen LogP contribution in [0.5, 0.6) is 0 Å². The first-order valence-corrected chi connectivity index (χ1v) is 8.79. The third-order valence-electron chi connectivity index (χ3n) is 3.65. The molecule has 0 unspecified atom stereocenters. The highest BCUT2D eigenvalue weighted by Gasteiger charge is 2.30. The van der Waals surface area contributed by atoms with E-state index in [9.17, 15) is 4.79 Å². The van der Waals surface area contributed by atoms with E-state index in [0.29, 0.717) is 25.3 Å². The van der Waals surface area contributed by atoms with Gasteiger partial charge in [0.2, 0.25) is 0 Å². The van der Waals surface area contributed by atoms with Crippen LogP contribution in [0.25, 0.3) is 11.3 Å². The van der Waals surface area contributed by atoms with Crippen molar-refractivity contribution >= 4 is 28.8 Å². The summed E-state index contributed by atoms with van der Waals surface area (Å²) in [5.41, 5.74) is 1.56. The van der Waals surface area contributed by atoms with Gasteiger partial charge in [-0.25, -0.2) is 9.79 Å². The molecule has 2 aromatic rings. The Morgan fingerprint density at radius 2 is 2.28 bits per heavy atom. The molecule has 0 aromatic carbocycles. The van der Waals surface area contributed by atoms with Gasteiger partial charge in [-0.3, -0.25) is 0 Å². The first kappa shape index (κ1) is 17.5. The van der Waals surface area contributed by atoms with Crippen molar-refractivity contribution in [3.8, 4) is 11.3 Å². The second kappa shape index (κ2) is 6.87. The Morgan fingerprint density at radius 3 is 2.92 bits per heavy atom. The Morgan fingerprint density at radius 1 is 1.48 bits per heavy atom. The number of nitrogens with zero attached hydrogens (tertiary/aromatic N) is 3. The van der Waals surface area contributed by atoms with Crippen LogP contribution < -0.4 is 0 Å². The Labute approximate surface area is 150 Å². The molecule has 25 heavy (non-hydrogen) atoms. The van der Waals surface area contributed by atoms with Gasteiger partial charge >= 0.3 is 6.09 Å². The molecular weight excluding hydrogens is 342 g/mol. The maximum absolute atomic E-state index is 12.3. The van der Waals surface area contributed by atoms with E-state index in [2.05, 4.69) is 10.1 Å². The molecule has 0 spiro atoms. The predicted molar refractivity (Wildman–Crippen MR) is 95.3 cm³/mol. The van der Waals surface area contributed by atoms with Gasteiger partial charge in [0.05, 0.1) is 25.4 Å². The number of carbonyl (C=O) groups excluding carboxylic acids is 1. The first-order chi connectivity index (χ1) is 11.9. The predicted octanol–water partition coefficient (Wildman–Crippen LogP) is 4.00. The highest BCUT2D eigenvalue weighted by molar-refractivity contribution is 7.16. The number of fused-ring (bicyclic) bond motifs is 1. The minimum absolute atomic E-state index is 0.297. The molecular formula is C17H21N3O4S. The monoisotopic (exact) mass is 363 g/mol. The summed E-state index contributed by atoms with van der Waals surface area (Å²) >= 11 is 1.52. The van der Waals surface area contributed by atoms with Gasteiger partial charge in [-0.1, -0.05) is 5.16 Å². The SMILES string of the molecule is CO/C=N/c1sc2c(c1-c1ccno1)CCN(C(=O)OC(C)(C)C)C2. The highest BCUT2D eigenvalue weighted by Crippen LogP contribution is 2.45. The molecule has 7 nitrogen and oxygen atoms in total. The molecule has 1 amide bonds. The van der Waals surface area contributed by atoms with E-state index in [1.165, 1.54) is 17.7 Å². The van der Waals surface area contributed by atoms with Crippen molar-refractivity contribution in [3.05, 3.63) is 22.7 Å². The van der Waals surface area contributed by atoms with Gasteiger partial charge in [0.1, 0.15) is 10.6 Å². The van der Waals surface area contributed by atoms with E-state index in [-0.39, 0.29) is 6.09 Å². The van der Waals surface area contributed by atoms with Gasteiger partial charge in [-0.05, 0) is 32.8 Å². The zero-order valence-corrected chi connectivity index (χ0v) is 15.6. The van der Waals surface area contributed by atoms with E-state index in [0.717, 1.165) is 21.0 Å². The van der Waals surface area contributed by atoms with Crippen molar-refractivity contribution in [2.75, 3.05) is 13.7 Å². The Bertz CT molecular complexity index is 775. The van der Waals surface area contributed by atoms with Gasteiger partial charge in [0, 0.05) is 17.5 Å². The fraction of sp³-hybridized carbons (Fsp3) is 0.471. The molecule has 0 N–H and O–H groups in total. The fourth-order valence-electron chi connectivity index (χ4n) is 2.66. The number of carbonyl (C=O) groups is 1. The van der Waals surface area contributed by atoms with Gasteiger partial charge in [-0.15, -0.1) is 11.3 Å². The number of hydrogen-bond acceptors (Lipinski definition) is 7. The number of hydrogen-bond donors (Lipinski definition) is 0. The zero-order chi connectivity index (χ0) is 18.0. The summed E-state index contributed by atoms with van der Waals surface area (Å²) < 4.78 is 15.8. The average molecular weight is 363 g/mol. The second-order valence-electron chi connectivity index (χ2n) is 6.68. The van der Waals surface area contributed by atoms with Crippen molar-refractivity contribution in [3.63, 3.8) is 0 Å². The van der Waals surface area contributed by atoms with Crippen LogP contribution >= 0.6 is 11.3 Å². The molecule has 2 aromatic heterocycles. The lowest BCUT2D eigenvalue weighted by atomic mass is 10.0. The lowest BCUT2D eigenvalue weighted by Gasteiger charge is -2.30. The Hall–Kier alpha value is -2.35. The van der Waals surface area contributed by atoms with Gasteiger partial charge in [0.25, 0.3) is 0 Å². The maximum atomic E-state index is 12.3. The fourth-order valence-corrected chi connectivity index (χ4v) is 3.86. The molecule has 0 radical (unpaired) electrons. The van der Waals surface area contributed by atoms with Crippen LogP contribution in [0.4, 0.5) is 9.80 Å². The molecule has 8 heteroatoms. The van der Waals surface area contributed by atoms with Crippen molar-refractivity contribution < 1.29 is 18.8 Å². The summed E-state index contributed by atoms with van der Waals surface area (Å²) in [6, 6.07) is 1.81. The molecule has 0 atom stereocenters. The van der Waals surface area contributed by atoms with Crippen LogP contribution in [0.3, 0.4) is 0 Å². The first-order valence-electron chi connectivity index (χ1n) is 7.98. The van der Waals surface area contributed by atoms with E-state index >= 15 is 0 Å². The molecule has 1 aliphatic rings. The molecule has 1 aliphatic heterocycles. The van der Waals surface area contributed by atoms with Crippen LogP contribution in [0.15, 0.2) is 21.8 Å². The molecule has 134 valence electrons. The number of aliphatic imine (C=N–C) groups is 1. The highest BCUT2D eigenvalue weighted by atomic mass is 32.1. The molecule has 3 heterocycles. The Balaban J connectivity index is 1.91. The van der Waals surface area contributed by atoms with E-state index in [4.69, 9.17) is 14.0 Å². The molecule has 0 aliphatic carbocycles. The maximum Gasteiger partial charge on any atom is 0.410 e. The molecule has 0 saturated carbocycles. The zero-order valence-electron chi connectivity index (χ0n) is 14.7. The van der Waals surface area contributed by atoms with Crippen LogP contribution in [0.2, 0.25) is 0 Å². The summed E-state index contributed by atoms with van der Waals surface area (Å²) in [5.74, 6) is 0.673. The standard InChI is InChI=1S/C17H21N3O4S/c1-17(2,3)23-16(21)20-8-6-11-13(9-20)25-15(18-10-22-4)14(11)12-5-7-19-24-12/h5,7,10H,6,8-9H2,1-4H3/b18-10+. The minimum Gasteiger partial charge on any atom is -0.486 e. The number of methoxy groups -OCH3 is 1. The number of rotatable bonds is 3. The third-order valence-corrected chi connectivity index (χ3v) is 4.77. The van der Waals surface area contributed by atoms with Gasteiger partial charge in [0.15, 0.2) is 12.2 Å². The largest absolute Gasteiger partial charge is 0.486 e. The van der Waals surface area contributed by atoms with Crippen molar-refractivity contribution in [1.82, 2.24) is 10.1 Å². The summed E-state index contributed by atoms with van der Waals surface area (Å²) in [5, 5.41) is 4.58. The van der Waals surface area contributed by atoms with Gasteiger partial charge < -0.3 is 18.9 Å². The number of amides is 1. The smallest absolute Gasteiger partial charge is 0.410 e. The number of aromatic nitrogens is 1. The normalized spacial score (nSPS) is 14.6. The van der Waals surface area contributed by atoms with Crippen molar-refractivity contribution in [2.45, 2.75) is 39.3 Å². The summed E-state index contributed by atoms with van der Waals surface area (Å²) in [6.45, 7) is 6.69. The molecule has 0 saturated heterocycles. The molecule has 0 fully saturated rings. The molecule has 3 rings (SSSR count). The lowest BCUT2D eigenvalue weighted by Crippen LogP contribution is -2.39. The van der Waals surface area contributed by atoms with Gasteiger partial charge in [-0.2, -0.15) is 0 Å². The van der Waals surface area contributed by atoms with E-state index < -0.39 is 5.60 Å². The van der Waals surface area contributed by atoms with Crippen LogP contribution in [-0.4, -0.2) is 41.8 Å². The number of thiophene rings is 1. The average Bonchev–Trinajstić information content (AvgIpc) is 3.17. The quantitative estimate of drug-likeness (QED) is 0.608. The molecule has 0 bridgehead atoms. The summed E-state index contributed by atoms with van der Waals surface area (Å²) in [4.78, 5) is 19.5. The van der Waals surface area contributed by atoms with E-state index in [1.807, 2.05) is 26.8 Å². The van der Waals surface area contributed by atoms with E-state index in [1.54, 1.807) is 18.2 Å². The second-order valence-corrected chi connectivity index (χ2v) is 7.77. The minimum atomic E-state index is -0.508. The van der Waals surface area contributed by atoms with Crippen LogP contribution in [-0.2, 0) is 22.4 Å². The third kappa shape index (κ3) is 3.84. The van der Waals surface area contributed by atoms with Crippen molar-refractivity contribution in [1.29, 1.82) is 0 Å². The van der Waals surface area contributed by atoms with Crippen LogP contribution in [0, 0.1) is 0 Å². The summed E-state index contributed by atoms with van der Waals surface area (Å²) in [7, 11) is 1.55. The van der Waals surface area contributed by atoms with Crippen LogP contribution in [0.1, 0.15) is 31.2 Å². The topological polar surface area (TPSA) is 77.2 Å². The lowest BCUT2D eigenvalue weighted by molar-refractivity contribution is 0.0227. The Kier molecular flexibility index (Phi) is 4.80. The van der Waals surface area contributed by atoms with Crippen molar-refractivity contribution in [2.24, 2.45) is 4.99 Å². The summed E-state index contributed by atoms with van der Waals surface area (Å²) in [6.07, 6.45) is 3.42.